The number of amides is 1. The molecule has 2 aromatic rings. The number of aromatic nitrogens is 4. The Morgan fingerprint density at radius 1 is 1.46 bits per heavy atom. The maximum atomic E-state index is 14.2. The number of ether oxygens (including phenoxy) is 1. The molecule has 1 atom stereocenters. The van der Waals surface area contributed by atoms with E-state index in [1.807, 2.05) is 13.8 Å². The number of nitrogens with one attached hydrogen (secondary N) is 1. The van der Waals surface area contributed by atoms with Crippen LogP contribution < -0.4 is 4.74 Å². The topological polar surface area (TPSA) is 84.0 Å². The number of aryl methyl sites for hydroxylation is 3. The van der Waals surface area contributed by atoms with Crippen molar-refractivity contribution in [2.45, 2.75) is 39.7 Å². The van der Waals surface area contributed by atoms with E-state index in [4.69, 9.17) is 4.74 Å². The molecule has 1 N–H and O–H groups in total. The van der Waals surface area contributed by atoms with E-state index >= 15 is 0 Å². The standard InChI is InChI=1S/C16H20FN5O2/c1-4-12-14(17)15(19-8-18-12)24-11-5-6-22(7-11)16(23)13-9(2)20-21-10(13)3/h8,11H,4-7H2,1-3H3,(H,20,21)/t11-/m1/s1. The monoisotopic (exact) mass is 333 g/mol. The van der Waals surface area contributed by atoms with Crippen LogP contribution in [0.1, 0.15) is 40.8 Å². The molecule has 1 fully saturated rings. The first kappa shape index (κ1) is 16.4. The summed E-state index contributed by atoms with van der Waals surface area (Å²) < 4.78 is 19.8. The highest BCUT2D eigenvalue weighted by Gasteiger charge is 2.31. The van der Waals surface area contributed by atoms with Gasteiger partial charge in [0.05, 0.1) is 23.5 Å². The first-order valence-electron chi connectivity index (χ1n) is 7.98. The number of aromatic amines is 1. The molecular formula is C16H20FN5O2. The summed E-state index contributed by atoms with van der Waals surface area (Å²) in [6, 6.07) is 0. The van der Waals surface area contributed by atoms with E-state index in [1.54, 1.807) is 11.8 Å². The van der Waals surface area contributed by atoms with E-state index in [0.29, 0.717) is 42.9 Å². The molecule has 1 saturated heterocycles. The van der Waals surface area contributed by atoms with Crippen molar-refractivity contribution in [3.8, 4) is 5.88 Å². The van der Waals surface area contributed by atoms with Crippen LogP contribution >= 0.6 is 0 Å². The van der Waals surface area contributed by atoms with Crippen molar-refractivity contribution in [2.24, 2.45) is 0 Å². The Morgan fingerprint density at radius 2 is 2.25 bits per heavy atom. The first-order valence-corrected chi connectivity index (χ1v) is 7.98. The third-order valence-corrected chi connectivity index (χ3v) is 4.22. The highest BCUT2D eigenvalue weighted by atomic mass is 19.1. The average Bonchev–Trinajstić information content (AvgIpc) is 3.16. The lowest BCUT2D eigenvalue weighted by Gasteiger charge is -2.17. The van der Waals surface area contributed by atoms with Gasteiger partial charge in [0.1, 0.15) is 12.4 Å². The highest BCUT2D eigenvalue weighted by Crippen LogP contribution is 2.23. The number of likely N-dealkylation sites (tertiary alicyclic amines) is 1. The van der Waals surface area contributed by atoms with Gasteiger partial charge < -0.3 is 9.64 Å². The molecule has 0 aromatic carbocycles. The van der Waals surface area contributed by atoms with Crippen LogP contribution in [0.3, 0.4) is 0 Å². The predicted molar refractivity (Wildman–Crippen MR) is 84.4 cm³/mol. The molecule has 3 rings (SSSR count). The van der Waals surface area contributed by atoms with Crippen molar-refractivity contribution < 1.29 is 13.9 Å². The summed E-state index contributed by atoms with van der Waals surface area (Å²) in [6.45, 7) is 6.39. The molecule has 128 valence electrons. The number of hydrogen-bond donors (Lipinski definition) is 1. The molecule has 8 heteroatoms. The van der Waals surface area contributed by atoms with Gasteiger partial charge in [0.2, 0.25) is 5.82 Å². The lowest BCUT2D eigenvalue weighted by atomic mass is 10.2. The summed E-state index contributed by atoms with van der Waals surface area (Å²) in [4.78, 5) is 22.1. The van der Waals surface area contributed by atoms with E-state index in [1.165, 1.54) is 6.33 Å². The molecule has 1 amide bonds. The van der Waals surface area contributed by atoms with Crippen LogP contribution in [0.25, 0.3) is 0 Å². The van der Waals surface area contributed by atoms with Gasteiger partial charge in [-0.2, -0.15) is 14.5 Å². The van der Waals surface area contributed by atoms with E-state index in [0.717, 1.165) is 5.69 Å². The van der Waals surface area contributed by atoms with Gasteiger partial charge in [0.25, 0.3) is 11.8 Å². The minimum Gasteiger partial charge on any atom is -0.470 e. The van der Waals surface area contributed by atoms with Gasteiger partial charge in [-0.1, -0.05) is 6.92 Å². The third-order valence-electron chi connectivity index (χ3n) is 4.22. The van der Waals surface area contributed by atoms with Gasteiger partial charge in [-0.15, -0.1) is 0 Å². The summed E-state index contributed by atoms with van der Waals surface area (Å²) in [5.41, 5.74) is 2.35. The molecule has 0 radical (unpaired) electrons. The van der Waals surface area contributed by atoms with E-state index in [-0.39, 0.29) is 17.9 Å². The molecule has 0 bridgehead atoms. The third kappa shape index (κ3) is 2.95. The molecule has 0 aliphatic carbocycles. The molecule has 0 spiro atoms. The molecule has 3 heterocycles. The van der Waals surface area contributed by atoms with Gasteiger partial charge in [-0.25, -0.2) is 4.98 Å². The van der Waals surface area contributed by atoms with E-state index < -0.39 is 5.82 Å². The quantitative estimate of drug-likeness (QED) is 0.922. The van der Waals surface area contributed by atoms with Crippen LogP contribution in [0.15, 0.2) is 6.33 Å². The van der Waals surface area contributed by atoms with Crippen LogP contribution in [0.2, 0.25) is 0 Å². The van der Waals surface area contributed by atoms with Crippen molar-refractivity contribution in [1.29, 1.82) is 0 Å². The number of hydrogen-bond acceptors (Lipinski definition) is 5. The molecule has 0 saturated carbocycles. The second kappa shape index (κ2) is 6.54. The smallest absolute Gasteiger partial charge is 0.257 e. The number of carbonyl (C=O) groups excluding carboxylic acids is 1. The zero-order chi connectivity index (χ0) is 17.3. The summed E-state index contributed by atoms with van der Waals surface area (Å²) in [6.07, 6.45) is 2.12. The van der Waals surface area contributed by atoms with Crippen molar-refractivity contribution in [3.05, 3.63) is 34.8 Å². The summed E-state index contributed by atoms with van der Waals surface area (Å²) in [7, 11) is 0. The lowest BCUT2D eigenvalue weighted by Crippen LogP contribution is -2.31. The van der Waals surface area contributed by atoms with Crippen LogP contribution in [0.4, 0.5) is 4.39 Å². The fraction of sp³-hybridized carbons (Fsp3) is 0.500. The Morgan fingerprint density at radius 3 is 2.92 bits per heavy atom. The molecule has 1 aliphatic heterocycles. The minimum atomic E-state index is -0.522. The van der Waals surface area contributed by atoms with Crippen molar-refractivity contribution in [3.63, 3.8) is 0 Å². The second-order valence-electron chi connectivity index (χ2n) is 5.88. The number of rotatable bonds is 4. The zero-order valence-corrected chi connectivity index (χ0v) is 14.0. The molecule has 0 unspecified atom stereocenters. The molecular weight excluding hydrogens is 313 g/mol. The SMILES string of the molecule is CCc1ncnc(O[C@@H]2CCN(C(=O)c3c(C)n[nH]c3C)C2)c1F. The number of nitrogens with zero attached hydrogens (tertiary/aromatic N) is 4. The Hall–Kier alpha value is -2.51. The van der Waals surface area contributed by atoms with Crippen molar-refractivity contribution in [2.75, 3.05) is 13.1 Å². The first-order chi connectivity index (χ1) is 11.5. The van der Waals surface area contributed by atoms with Crippen molar-refractivity contribution >= 4 is 5.91 Å². The summed E-state index contributed by atoms with van der Waals surface area (Å²) >= 11 is 0. The molecule has 24 heavy (non-hydrogen) atoms. The molecule has 1 aliphatic rings. The van der Waals surface area contributed by atoms with Crippen LogP contribution in [0, 0.1) is 19.7 Å². The summed E-state index contributed by atoms with van der Waals surface area (Å²) in [5.74, 6) is -0.648. The number of H-pyrrole nitrogens is 1. The second-order valence-corrected chi connectivity index (χ2v) is 5.88. The minimum absolute atomic E-state index is 0.0446. The maximum absolute atomic E-state index is 14.2. The Labute approximate surface area is 139 Å². The molecule has 7 nitrogen and oxygen atoms in total. The van der Waals surface area contributed by atoms with Crippen molar-refractivity contribution in [1.82, 2.24) is 25.1 Å². The van der Waals surface area contributed by atoms with Gasteiger partial charge in [-0.05, 0) is 20.3 Å². The van der Waals surface area contributed by atoms with Gasteiger partial charge in [0.15, 0.2) is 0 Å². The molecule has 2 aromatic heterocycles. The normalized spacial score (nSPS) is 17.3. The Kier molecular flexibility index (Phi) is 4.46. The lowest BCUT2D eigenvalue weighted by molar-refractivity contribution is 0.0768. The van der Waals surface area contributed by atoms with Gasteiger partial charge >= 0.3 is 0 Å². The Balaban J connectivity index is 1.69. The zero-order valence-electron chi connectivity index (χ0n) is 14.0. The maximum Gasteiger partial charge on any atom is 0.257 e. The van der Waals surface area contributed by atoms with E-state index in [2.05, 4.69) is 20.2 Å². The van der Waals surface area contributed by atoms with Gasteiger partial charge in [0, 0.05) is 18.7 Å². The van der Waals surface area contributed by atoms with Crippen LogP contribution in [-0.4, -0.2) is 50.2 Å². The number of halogens is 1. The highest BCUT2D eigenvalue weighted by molar-refractivity contribution is 5.96. The fourth-order valence-electron chi connectivity index (χ4n) is 2.91. The van der Waals surface area contributed by atoms with Crippen LogP contribution in [0.5, 0.6) is 5.88 Å². The number of carbonyl (C=O) groups is 1. The van der Waals surface area contributed by atoms with E-state index in [9.17, 15) is 9.18 Å². The predicted octanol–water partition coefficient (Wildman–Crippen LogP) is 1.81. The average molecular weight is 333 g/mol. The Bertz CT molecular complexity index is 741. The fourth-order valence-corrected chi connectivity index (χ4v) is 2.91. The summed E-state index contributed by atoms with van der Waals surface area (Å²) in [5, 5.41) is 6.87. The largest absolute Gasteiger partial charge is 0.470 e. The van der Waals surface area contributed by atoms with Crippen LogP contribution in [-0.2, 0) is 6.42 Å². The van der Waals surface area contributed by atoms with Gasteiger partial charge in [-0.3, -0.25) is 9.89 Å².